The Balaban J connectivity index is 0.00000261. The largest absolute Gasteiger partial charge is 0.435 e. The molecule has 2 atom stereocenters. The molecule has 8 nitrogen and oxygen atoms in total. The summed E-state index contributed by atoms with van der Waals surface area (Å²) in [6.45, 7) is 0.280. The summed E-state index contributed by atoms with van der Waals surface area (Å²) in [4.78, 5) is 12.3. The quantitative estimate of drug-likeness (QED) is 0.662. The molecule has 0 aliphatic carbocycles. The molecule has 0 bridgehead atoms. The average molecular weight is 404 g/mol. The highest BCUT2D eigenvalue weighted by atomic mass is 35.5. The number of carbonyl (C=O) groups excluding carboxylic acids is 1. The van der Waals surface area contributed by atoms with E-state index in [9.17, 15) is 18.7 Å². The van der Waals surface area contributed by atoms with Crippen LogP contribution in [0.5, 0.6) is 5.75 Å². The van der Waals surface area contributed by atoms with Crippen LogP contribution in [0.4, 0.5) is 8.78 Å². The topological polar surface area (TPSA) is 101 Å². The molecular formula is C16H20ClF2N5O3. The molecule has 2 unspecified atom stereocenters. The van der Waals surface area contributed by atoms with Gasteiger partial charge < -0.3 is 20.5 Å². The number of hydrogen-bond donors (Lipinski definition) is 3. The van der Waals surface area contributed by atoms with Gasteiger partial charge in [-0.05, 0) is 31.2 Å². The molecule has 0 saturated carbocycles. The number of nitrogens with one attached hydrogen (secondary N) is 2. The molecule has 1 aliphatic heterocycles. The predicted octanol–water partition coefficient (Wildman–Crippen LogP) is 0.909. The molecule has 3 rings (SSSR count). The molecule has 2 heterocycles. The summed E-state index contributed by atoms with van der Waals surface area (Å²) in [5.41, 5.74) is 1.24. The van der Waals surface area contributed by atoms with Gasteiger partial charge in [0.05, 0.1) is 17.5 Å². The third kappa shape index (κ3) is 4.90. The number of β-amino-alcohol motifs (C(OH)–C–C–N with tert-alkyl or cyclic N) is 1. The lowest BCUT2D eigenvalue weighted by atomic mass is 10.1. The number of nitrogens with zero attached hydrogens (tertiary/aromatic N) is 3. The van der Waals surface area contributed by atoms with Crippen molar-refractivity contribution in [2.75, 3.05) is 19.6 Å². The van der Waals surface area contributed by atoms with E-state index in [1.165, 1.54) is 16.8 Å². The van der Waals surface area contributed by atoms with Crippen LogP contribution in [0.3, 0.4) is 0 Å². The van der Waals surface area contributed by atoms with Crippen LogP contribution in [0.15, 0.2) is 24.3 Å². The smallest absolute Gasteiger partial charge is 0.387 e. The Kier molecular flexibility index (Phi) is 7.05. The number of ether oxygens (including phenoxy) is 1. The molecule has 1 saturated heterocycles. The monoisotopic (exact) mass is 403 g/mol. The first-order valence-electron chi connectivity index (χ1n) is 8.10. The first kappa shape index (κ1) is 21.0. The summed E-state index contributed by atoms with van der Waals surface area (Å²) in [6.07, 6.45) is -0.485. The maximum Gasteiger partial charge on any atom is 0.387 e. The Labute approximate surface area is 160 Å². The second-order valence-electron chi connectivity index (χ2n) is 6.00. The number of aromatic nitrogens is 3. The van der Waals surface area contributed by atoms with E-state index in [1.807, 2.05) is 0 Å². The third-order valence-electron chi connectivity index (χ3n) is 4.25. The van der Waals surface area contributed by atoms with Gasteiger partial charge in [0.2, 0.25) is 0 Å². The van der Waals surface area contributed by atoms with Gasteiger partial charge in [-0.25, -0.2) is 4.68 Å². The van der Waals surface area contributed by atoms with E-state index in [4.69, 9.17) is 0 Å². The van der Waals surface area contributed by atoms with Crippen LogP contribution < -0.4 is 15.4 Å². The number of benzene rings is 1. The maximum atomic E-state index is 12.3. The second-order valence-corrected chi connectivity index (χ2v) is 6.00. The molecule has 1 amide bonds. The Morgan fingerprint density at radius 2 is 2.11 bits per heavy atom. The minimum Gasteiger partial charge on any atom is -0.435 e. The lowest BCUT2D eigenvalue weighted by Gasteiger charge is -2.13. The fraction of sp³-hybridized carbons (Fsp3) is 0.438. The van der Waals surface area contributed by atoms with Gasteiger partial charge in [-0.1, -0.05) is 5.21 Å². The molecule has 148 valence electrons. The molecule has 0 spiro atoms. The number of hydrogen-bond acceptors (Lipinski definition) is 6. The third-order valence-corrected chi connectivity index (χ3v) is 4.25. The van der Waals surface area contributed by atoms with E-state index >= 15 is 0 Å². The Hall–Kier alpha value is -2.30. The molecule has 1 aromatic heterocycles. The standard InChI is InChI=1S/C16H19F2N5O3.ClH/c1-9-14(15(25)20-7-10-6-19-8-13(10)24)21-22-23(9)11-2-4-12(5-3-11)26-16(17)18;/h2-5,10,13,16,19,24H,6-8H2,1H3,(H,20,25);1H. The zero-order chi connectivity index (χ0) is 18.7. The van der Waals surface area contributed by atoms with Crippen molar-refractivity contribution in [1.29, 1.82) is 0 Å². The van der Waals surface area contributed by atoms with E-state index in [2.05, 4.69) is 25.7 Å². The van der Waals surface area contributed by atoms with E-state index in [0.717, 1.165) is 0 Å². The number of alkyl halides is 2. The summed E-state index contributed by atoms with van der Waals surface area (Å²) < 4.78 is 30.1. The lowest BCUT2D eigenvalue weighted by molar-refractivity contribution is -0.0498. The van der Waals surface area contributed by atoms with Crippen LogP contribution in [0.25, 0.3) is 5.69 Å². The van der Waals surface area contributed by atoms with Crippen molar-refractivity contribution in [2.24, 2.45) is 5.92 Å². The van der Waals surface area contributed by atoms with Gasteiger partial charge >= 0.3 is 6.61 Å². The van der Waals surface area contributed by atoms with Crippen molar-refractivity contribution in [3.63, 3.8) is 0 Å². The fourth-order valence-electron chi connectivity index (χ4n) is 2.79. The second kappa shape index (κ2) is 9.07. The molecule has 3 N–H and O–H groups in total. The number of halogens is 3. The van der Waals surface area contributed by atoms with Gasteiger partial charge in [-0.15, -0.1) is 17.5 Å². The van der Waals surface area contributed by atoms with Crippen molar-refractivity contribution in [1.82, 2.24) is 25.6 Å². The Bertz CT molecular complexity index is 772. The van der Waals surface area contributed by atoms with Gasteiger partial charge in [0.1, 0.15) is 5.75 Å². The van der Waals surface area contributed by atoms with Gasteiger partial charge in [0.25, 0.3) is 5.91 Å². The molecule has 1 aliphatic rings. The maximum absolute atomic E-state index is 12.3. The van der Waals surface area contributed by atoms with Crippen LogP contribution in [0, 0.1) is 12.8 Å². The number of aliphatic hydroxyl groups excluding tert-OH is 1. The normalized spacial score (nSPS) is 19.0. The molecule has 1 fully saturated rings. The lowest BCUT2D eigenvalue weighted by Crippen LogP contribution is -2.34. The Morgan fingerprint density at radius 1 is 1.41 bits per heavy atom. The van der Waals surface area contributed by atoms with Crippen LogP contribution in [0.1, 0.15) is 16.2 Å². The molecule has 2 aromatic rings. The van der Waals surface area contributed by atoms with Gasteiger partial charge in [-0.3, -0.25) is 4.79 Å². The van der Waals surface area contributed by atoms with E-state index in [1.54, 1.807) is 19.1 Å². The van der Waals surface area contributed by atoms with E-state index in [-0.39, 0.29) is 35.7 Å². The van der Waals surface area contributed by atoms with Gasteiger partial charge in [0.15, 0.2) is 5.69 Å². The van der Waals surface area contributed by atoms with Crippen LogP contribution >= 0.6 is 12.4 Å². The van der Waals surface area contributed by atoms with Crippen molar-refractivity contribution in [2.45, 2.75) is 19.6 Å². The zero-order valence-corrected chi connectivity index (χ0v) is 15.2. The van der Waals surface area contributed by atoms with Crippen molar-refractivity contribution < 1.29 is 23.4 Å². The minimum absolute atomic E-state index is 0. The van der Waals surface area contributed by atoms with Gasteiger partial charge in [0, 0.05) is 25.6 Å². The van der Waals surface area contributed by atoms with Crippen LogP contribution in [0.2, 0.25) is 0 Å². The minimum atomic E-state index is -2.89. The highest BCUT2D eigenvalue weighted by Crippen LogP contribution is 2.18. The Morgan fingerprint density at radius 3 is 2.70 bits per heavy atom. The highest BCUT2D eigenvalue weighted by molar-refractivity contribution is 5.93. The van der Waals surface area contributed by atoms with Crippen molar-refractivity contribution in [3.05, 3.63) is 35.7 Å². The molecule has 1 aromatic carbocycles. The first-order valence-corrected chi connectivity index (χ1v) is 8.10. The summed E-state index contributed by atoms with van der Waals surface area (Å²) in [6, 6.07) is 5.86. The predicted molar refractivity (Wildman–Crippen MR) is 94.7 cm³/mol. The summed E-state index contributed by atoms with van der Waals surface area (Å²) in [5, 5.41) is 23.4. The van der Waals surface area contributed by atoms with E-state index < -0.39 is 12.7 Å². The number of amides is 1. The number of aliphatic hydroxyl groups is 1. The van der Waals surface area contributed by atoms with Crippen LogP contribution in [-0.2, 0) is 0 Å². The van der Waals surface area contributed by atoms with E-state index in [0.29, 0.717) is 31.0 Å². The van der Waals surface area contributed by atoms with Crippen molar-refractivity contribution >= 4 is 18.3 Å². The SMILES string of the molecule is Cc1c(C(=O)NCC2CNCC2O)nnn1-c1ccc(OC(F)F)cc1.Cl. The van der Waals surface area contributed by atoms with Crippen molar-refractivity contribution in [3.8, 4) is 11.4 Å². The summed E-state index contributed by atoms with van der Waals surface area (Å²) in [7, 11) is 0. The first-order chi connectivity index (χ1) is 12.5. The fourth-order valence-corrected chi connectivity index (χ4v) is 2.79. The van der Waals surface area contributed by atoms with Crippen LogP contribution in [-0.4, -0.2) is 58.4 Å². The van der Waals surface area contributed by atoms with Gasteiger partial charge in [-0.2, -0.15) is 8.78 Å². The number of carbonyl (C=O) groups is 1. The highest BCUT2D eigenvalue weighted by Gasteiger charge is 2.26. The summed E-state index contributed by atoms with van der Waals surface area (Å²) >= 11 is 0. The average Bonchev–Trinajstić information content (AvgIpc) is 3.19. The number of rotatable bonds is 6. The molecule has 27 heavy (non-hydrogen) atoms. The zero-order valence-electron chi connectivity index (χ0n) is 14.4. The molecular weight excluding hydrogens is 384 g/mol. The summed E-state index contributed by atoms with van der Waals surface area (Å²) in [5.74, 6) is -0.398. The molecule has 11 heteroatoms. The molecule has 0 radical (unpaired) electrons.